The van der Waals surface area contributed by atoms with Crippen LogP contribution in [0.5, 0.6) is 0 Å². The molecule has 0 saturated heterocycles. The zero-order valence-corrected chi connectivity index (χ0v) is 24.2. The summed E-state index contributed by atoms with van der Waals surface area (Å²) < 4.78 is 0. The molecule has 5 nitrogen and oxygen atoms in total. The highest BCUT2D eigenvalue weighted by atomic mass is 35.5. The fourth-order valence-corrected chi connectivity index (χ4v) is 6.39. The zero-order chi connectivity index (χ0) is 27.5. The van der Waals surface area contributed by atoms with Crippen molar-refractivity contribution < 1.29 is 9.59 Å². The third kappa shape index (κ3) is 6.53. The van der Waals surface area contributed by atoms with Crippen molar-refractivity contribution in [1.29, 1.82) is 0 Å². The van der Waals surface area contributed by atoms with Crippen LogP contribution in [0.4, 0.5) is 0 Å². The van der Waals surface area contributed by atoms with Crippen molar-refractivity contribution in [3.8, 4) is 0 Å². The Balaban J connectivity index is 1.09. The van der Waals surface area contributed by atoms with Crippen LogP contribution in [-0.4, -0.2) is 47.3 Å². The summed E-state index contributed by atoms with van der Waals surface area (Å²) in [5.41, 5.74) is 5.82. The summed E-state index contributed by atoms with van der Waals surface area (Å²) in [6, 6.07) is 14.0. The lowest BCUT2D eigenvalue weighted by Crippen LogP contribution is -2.38. The lowest BCUT2D eigenvalue weighted by Gasteiger charge is -2.31. The predicted molar refractivity (Wildman–Crippen MR) is 159 cm³/mol. The summed E-state index contributed by atoms with van der Waals surface area (Å²) in [5.74, 6) is 0.947. The van der Waals surface area contributed by atoms with E-state index in [-0.39, 0.29) is 23.7 Å². The minimum absolute atomic E-state index is 0.0341. The summed E-state index contributed by atoms with van der Waals surface area (Å²) in [6.07, 6.45) is 7.64. The molecule has 1 amide bonds. The highest BCUT2D eigenvalue weighted by molar-refractivity contribution is 6.35. The highest BCUT2D eigenvalue weighted by Crippen LogP contribution is 2.29. The average Bonchev–Trinajstić information content (AvgIpc) is 3.14. The number of halogens is 1. The molecule has 1 aliphatic carbocycles. The van der Waals surface area contributed by atoms with Crippen molar-refractivity contribution in [2.75, 3.05) is 19.6 Å². The van der Waals surface area contributed by atoms with Gasteiger partial charge in [0.2, 0.25) is 0 Å². The molecule has 3 aromatic rings. The Bertz CT molecular complexity index is 1360. The number of nitrogens with zero attached hydrogens (tertiary/aromatic N) is 2. The Morgan fingerprint density at radius 1 is 1.00 bits per heavy atom. The Labute approximate surface area is 237 Å². The van der Waals surface area contributed by atoms with E-state index in [4.69, 9.17) is 11.6 Å². The molecule has 5 rings (SSSR count). The smallest absolute Gasteiger partial charge is 0.252 e. The van der Waals surface area contributed by atoms with Crippen LogP contribution >= 0.6 is 11.6 Å². The molecular formula is C33H40ClN3O2. The van der Waals surface area contributed by atoms with E-state index in [1.165, 1.54) is 17.5 Å². The van der Waals surface area contributed by atoms with E-state index in [0.29, 0.717) is 22.0 Å². The van der Waals surface area contributed by atoms with E-state index in [9.17, 15) is 9.59 Å². The Hall–Kier alpha value is -2.76. The molecule has 0 unspecified atom stereocenters. The van der Waals surface area contributed by atoms with E-state index in [1.54, 1.807) is 6.07 Å². The van der Waals surface area contributed by atoms with Crippen LogP contribution < -0.4 is 5.32 Å². The fourth-order valence-electron chi connectivity index (χ4n) is 6.18. The number of Topliss-reactive ketones (excluding diaryl/α,β-unsaturated/α-hetero) is 1. The fraction of sp³-hybridized carbons (Fsp3) is 0.485. The van der Waals surface area contributed by atoms with E-state index < -0.39 is 0 Å². The van der Waals surface area contributed by atoms with Crippen molar-refractivity contribution in [2.45, 2.75) is 71.8 Å². The van der Waals surface area contributed by atoms with Crippen molar-refractivity contribution in [3.63, 3.8) is 0 Å². The van der Waals surface area contributed by atoms with Crippen molar-refractivity contribution >= 4 is 34.2 Å². The second-order valence-corrected chi connectivity index (χ2v) is 12.2. The number of benzene rings is 2. The molecule has 1 saturated carbocycles. The number of amides is 1. The summed E-state index contributed by atoms with van der Waals surface area (Å²) >= 11 is 6.35. The van der Waals surface area contributed by atoms with E-state index in [0.717, 1.165) is 74.8 Å². The maximum Gasteiger partial charge on any atom is 0.252 e. The van der Waals surface area contributed by atoms with Gasteiger partial charge >= 0.3 is 0 Å². The molecule has 0 bridgehead atoms. The van der Waals surface area contributed by atoms with Gasteiger partial charge in [-0.15, -0.1) is 0 Å². The second-order valence-electron chi connectivity index (χ2n) is 11.8. The van der Waals surface area contributed by atoms with E-state index in [1.807, 2.05) is 45.0 Å². The van der Waals surface area contributed by atoms with Crippen molar-refractivity contribution in [1.82, 2.24) is 15.2 Å². The molecule has 39 heavy (non-hydrogen) atoms. The van der Waals surface area contributed by atoms with Crippen molar-refractivity contribution in [2.24, 2.45) is 11.8 Å². The van der Waals surface area contributed by atoms with Crippen LogP contribution in [0.3, 0.4) is 0 Å². The minimum Gasteiger partial charge on any atom is -0.349 e. The van der Waals surface area contributed by atoms with Gasteiger partial charge in [0.05, 0.1) is 10.5 Å². The summed E-state index contributed by atoms with van der Waals surface area (Å²) in [5, 5.41) is 4.66. The van der Waals surface area contributed by atoms with Crippen LogP contribution in [-0.2, 0) is 12.8 Å². The Kier molecular flexibility index (Phi) is 8.68. The normalized spacial score (nSPS) is 20.0. The zero-order valence-electron chi connectivity index (χ0n) is 23.4. The van der Waals surface area contributed by atoms with Crippen molar-refractivity contribution in [3.05, 3.63) is 75.4 Å². The topological polar surface area (TPSA) is 62.3 Å². The number of rotatable bonds is 7. The van der Waals surface area contributed by atoms with Gasteiger partial charge in [0, 0.05) is 47.3 Å². The maximum atomic E-state index is 13.1. The Morgan fingerprint density at radius 2 is 1.74 bits per heavy atom. The van der Waals surface area contributed by atoms with Gasteiger partial charge < -0.3 is 10.2 Å². The van der Waals surface area contributed by atoms with Crippen LogP contribution in [0, 0.1) is 18.8 Å². The number of carbonyl (C=O) groups is 2. The molecule has 0 atom stereocenters. The lowest BCUT2D eigenvalue weighted by atomic mass is 9.84. The molecule has 0 spiro atoms. The molecule has 2 aliphatic rings. The number of pyridine rings is 1. The van der Waals surface area contributed by atoms with E-state index >= 15 is 0 Å². The predicted octanol–water partition coefficient (Wildman–Crippen LogP) is 6.81. The monoisotopic (exact) mass is 545 g/mol. The lowest BCUT2D eigenvalue weighted by molar-refractivity contribution is 0.0918. The highest BCUT2D eigenvalue weighted by Gasteiger charge is 2.25. The molecule has 1 fully saturated rings. The van der Waals surface area contributed by atoms with Gasteiger partial charge in [-0.2, -0.15) is 0 Å². The van der Waals surface area contributed by atoms with Gasteiger partial charge in [-0.05, 0) is 99.7 Å². The van der Waals surface area contributed by atoms with Gasteiger partial charge in [-0.25, -0.2) is 0 Å². The average molecular weight is 546 g/mol. The van der Waals surface area contributed by atoms with Gasteiger partial charge in [0.25, 0.3) is 5.91 Å². The first kappa shape index (κ1) is 27.8. The quantitative estimate of drug-likeness (QED) is 0.331. The van der Waals surface area contributed by atoms with Crippen LogP contribution in [0.25, 0.3) is 10.9 Å². The molecule has 1 aliphatic heterocycles. The number of carbonyl (C=O) groups excluding carboxylic acids is 2. The summed E-state index contributed by atoms with van der Waals surface area (Å²) in [4.78, 5) is 32.7. The third-order valence-electron chi connectivity index (χ3n) is 8.64. The minimum atomic E-state index is -0.0341. The first-order valence-corrected chi connectivity index (χ1v) is 14.9. The number of fused-ring (bicyclic) bond motifs is 2. The van der Waals surface area contributed by atoms with E-state index in [2.05, 4.69) is 27.3 Å². The maximum absolute atomic E-state index is 13.1. The number of hydrogen-bond donors (Lipinski definition) is 1. The van der Waals surface area contributed by atoms with Crippen LogP contribution in [0.15, 0.2) is 42.5 Å². The molecule has 6 heteroatoms. The number of aromatic nitrogens is 1. The van der Waals surface area contributed by atoms with Crippen LogP contribution in [0.2, 0.25) is 5.02 Å². The molecule has 1 N–H and O–H groups in total. The number of hydrogen-bond acceptors (Lipinski definition) is 4. The molecule has 2 heterocycles. The van der Waals surface area contributed by atoms with Gasteiger partial charge in [-0.1, -0.05) is 43.6 Å². The molecule has 2 aromatic carbocycles. The summed E-state index contributed by atoms with van der Waals surface area (Å²) in [7, 11) is 0. The first-order chi connectivity index (χ1) is 18.8. The molecule has 0 radical (unpaired) electrons. The largest absolute Gasteiger partial charge is 0.349 e. The third-order valence-corrected chi connectivity index (χ3v) is 8.94. The molecule has 206 valence electrons. The number of nitrogens with one attached hydrogen (secondary N) is 1. The molecule has 1 aromatic heterocycles. The number of ketones is 1. The van der Waals surface area contributed by atoms with Gasteiger partial charge in [0.15, 0.2) is 5.78 Å². The Morgan fingerprint density at radius 3 is 2.49 bits per heavy atom. The van der Waals surface area contributed by atoms with Gasteiger partial charge in [-0.3, -0.25) is 14.6 Å². The summed E-state index contributed by atoms with van der Waals surface area (Å²) in [6.45, 7) is 9.13. The first-order valence-electron chi connectivity index (χ1n) is 14.5. The SMILES string of the molecule is Cc1ccc2c(C(=O)NC3CCC(CCN4CCc5ccc(C(=O)C(C)C)cc5CC4)CC3)ccc(Cl)c2n1. The second kappa shape index (κ2) is 12.2. The van der Waals surface area contributed by atoms with Crippen LogP contribution in [0.1, 0.15) is 83.5 Å². The molecular weight excluding hydrogens is 506 g/mol. The standard InChI is InChI=1S/C33H40ClN3O2/c1-21(2)32(38)26-8-7-24-15-18-37(19-16-25(24)20-26)17-14-23-5-9-27(10-6-23)36-33(39)29-12-13-30(34)31-28(29)11-4-22(3)35-31/h4,7-8,11-13,20-21,23,27H,5-6,9-10,14-19H2,1-3H3,(H,36,39). The van der Waals surface area contributed by atoms with Gasteiger partial charge in [0.1, 0.15) is 0 Å². The number of aryl methyl sites for hydroxylation is 1.